The summed E-state index contributed by atoms with van der Waals surface area (Å²) in [5.74, 6) is -0.795. The standard InChI is InChI=1S/C13H16N2O3/c14-12(18)15-10-5-3-4-9(8-10)13(11(16)17)6-1-2-7-13/h3-5,8H,1-2,6-7H2,(H,16,17)(H3,14,15,18). The van der Waals surface area contributed by atoms with E-state index in [2.05, 4.69) is 5.32 Å². The molecule has 1 fully saturated rings. The van der Waals surface area contributed by atoms with Gasteiger partial charge in [0, 0.05) is 5.69 Å². The van der Waals surface area contributed by atoms with Crippen LogP contribution in [-0.2, 0) is 10.2 Å². The lowest BCUT2D eigenvalue weighted by Crippen LogP contribution is -2.32. The van der Waals surface area contributed by atoms with Crippen molar-refractivity contribution < 1.29 is 14.7 Å². The van der Waals surface area contributed by atoms with Gasteiger partial charge in [-0.3, -0.25) is 4.79 Å². The summed E-state index contributed by atoms with van der Waals surface area (Å²) < 4.78 is 0. The van der Waals surface area contributed by atoms with E-state index in [1.54, 1.807) is 24.3 Å². The fourth-order valence-electron chi connectivity index (χ4n) is 2.64. The van der Waals surface area contributed by atoms with Gasteiger partial charge in [0.2, 0.25) is 0 Å². The molecule has 0 aliphatic heterocycles. The van der Waals surface area contributed by atoms with Crippen LogP contribution >= 0.6 is 0 Å². The summed E-state index contributed by atoms with van der Waals surface area (Å²) in [5, 5.41) is 11.9. The van der Waals surface area contributed by atoms with Crippen LogP contribution in [0.4, 0.5) is 10.5 Å². The second-order valence-corrected chi connectivity index (χ2v) is 4.66. The number of carboxylic acids is 1. The highest BCUT2D eigenvalue weighted by atomic mass is 16.4. The van der Waals surface area contributed by atoms with Crippen LogP contribution in [0.3, 0.4) is 0 Å². The number of aliphatic carboxylic acids is 1. The molecule has 1 aromatic carbocycles. The quantitative estimate of drug-likeness (QED) is 0.764. The Kier molecular flexibility index (Phi) is 3.23. The molecule has 2 amide bonds. The molecule has 4 N–H and O–H groups in total. The third kappa shape index (κ3) is 2.16. The minimum Gasteiger partial charge on any atom is -0.481 e. The van der Waals surface area contributed by atoms with E-state index < -0.39 is 17.4 Å². The minimum absolute atomic E-state index is 0.535. The number of primary amides is 1. The molecular weight excluding hydrogens is 232 g/mol. The molecule has 1 aliphatic carbocycles. The maximum Gasteiger partial charge on any atom is 0.316 e. The van der Waals surface area contributed by atoms with Crippen molar-refractivity contribution in [1.82, 2.24) is 0 Å². The first-order valence-electron chi connectivity index (χ1n) is 5.95. The number of carbonyl (C=O) groups excluding carboxylic acids is 1. The van der Waals surface area contributed by atoms with Crippen molar-refractivity contribution in [2.75, 3.05) is 5.32 Å². The third-order valence-electron chi connectivity index (χ3n) is 3.55. The maximum absolute atomic E-state index is 11.5. The highest BCUT2D eigenvalue weighted by molar-refractivity contribution is 5.88. The van der Waals surface area contributed by atoms with E-state index in [0.29, 0.717) is 18.5 Å². The summed E-state index contributed by atoms with van der Waals surface area (Å²) in [4.78, 5) is 22.4. The van der Waals surface area contributed by atoms with Crippen molar-refractivity contribution in [3.8, 4) is 0 Å². The van der Waals surface area contributed by atoms with Gasteiger partial charge in [0.15, 0.2) is 0 Å². The topological polar surface area (TPSA) is 92.4 Å². The van der Waals surface area contributed by atoms with Crippen LogP contribution in [0, 0.1) is 0 Å². The van der Waals surface area contributed by atoms with Gasteiger partial charge >= 0.3 is 12.0 Å². The molecule has 0 unspecified atom stereocenters. The molecule has 0 radical (unpaired) electrons. The summed E-state index contributed by atoms with van der Waals surface area (Å²) in [7, 11) is 0. The molecule has 1 saturated carbocycles. The smallest absolute Gasteiger partial charge is 0.316 e. The summed E-state index contributed by atoms with van der Waals surface area (Å²) in [6.07, 6.45) is 3.12. The van der Waals surface area contributed by atoms with Crippen LogP contribution in [0.5, 0.6) is 0 Å². The Morgan fingerprint density at radius 3 is 2.50 bits per heavy atom. The molecule has 1 aliphatic rings. The fourth-order valence-corrected chi connectivity index (χ4v) is 2.64. The van der Waals surface area contributed by atoms with Crippen LogP contribution in [-0.4, -0.2) is 17.1 Å². The van der Waals surface area contributed by atoms with Gasteiger partial charge in [-0.25, -0.2) is 4.79 Å². The highest BCUT2D eigenvalue weighted by Crippen LogP contribution is 2.41. The van der Waals surface area contributed by atoms with Crippen molar-refractivity contribution in [2.45, 2.75) is 31.1 Å². The van der Waals surface area contributed by atoms with Crippen molar-refractivity contribution in [3.63, 3.8) is 0 Å². The first-order valence-corrected chi connectivity index (χ1v) is 5.95. The number of urea groups is 1. The van der Waals surface area contributed by atoms with Crippen molar-refractivity contribution >= 4 is 17.7 Å². The Balaban J connectivity index is 2.37. The van der Waals surface area contributed by atoms with Crippen molar-refractivity contribution in [2.24, 2.45) is 5.73 Å². The number of nitrogens with two attached hydrogens (primary N) is 1. The number of amides is 2. The number of nitrogens with one attached hydrogen (secondary N) is 1. The molecule has 0 spiro atoms. The first kappa shape index (κ1) is 12.4. The van der Waals surface area contributed by atoms with E-state index in [0.717, 1.165) is 18.4 Å². The third-order valence-corrected chi connectivity index (χ3v) is 3.55. The van der Waals surface area contributed by atoms with Crippen molar-refractivity contribution in [3.05, 3.63) is 29.8 Å². The second kappa shape index (κ2) is 4.68. The van der Waals surface area contributed by atoms with E-state index in [1.807, 2.05) is 0 Å². The maximum atomic E-state index is 11.5. The number of rotatable bonds is 3. The molecule has 2 rings (SSSR count). The Morgan fingerprint density at radius 1 is 1.28 bits per heavy atom. The lowest BCUT2D eigenvalue weighted by atomic mass is 9.79. The van der Waals surface area contributed by atoms with Gasteiger partial charge in [-0.05, 0) is 30.5 Å². The van der Waals surface area contributed by atoms with Crippen LogP contribution in [0.1, 0.15) is 31.2 Å². The molecule has 5 heteroatoms. The Morgan fingerprint density at radius 2 is 1.94 bits per heavy atom. The monoisotopic (exact) mass is 248 g/mol. The predicted molar refractivity (Wildman–Crippen MR) is 67.4 cm³/mol. The fraction of sp³-hybridized carbons (Fsp3) is 0.385. The average molecular weight is 248 g/mol. The number of hydrogen-bond donors (Lipinski definition) is 3. The molecule has 1 aromatic rings. The normalized spacial score (nSPS) is 17.3. The molecule has 0 aromatic heterocycles. The van der Waals surface area contributed by atoms with Crippen LogP contribution in [0.15, 0.2) is 24.3 Å². The zero-order valence-electron chi connectivity index (χ0n) is 9.98. The average Bonchev–Trinajstić information content (AvgIpc) is 2.78. The van der Waals surface area contributed by atoms with Gasteiger partial charge in [0.05, 0.1) is 5.41 Å². The van der Waals surface area contributed by atoms with Gasteiger partial charge in [0.1, 0.15) is 0 Å². The molecule has 0 bridgehead atoms. The molecule has 18 heavy (non-hydrogen) atoms. The van der Waals surface area contributed by atoms with Gasteiger partial charge in [-0.2, -0.15) is 0 Å². The van der Waals surface area contributed by atoms with E-state index in [1.165, 1.54) is 0 Å². The van der Waals surface area contributed by atoms with E-state index in [-0.39, 0.29) is 0 Å². The van der Waals surface area contributed by atoms with Gasteiger partial charge in [0.25, 0.3) is 0 Å². The number of benzene rings is 1. The van der Waals surface area contributed by atoms with E-state index in [4.69, 9.17) is 5.73 Å². The second-order valence-electron chi connectivity index (χ2n) is 4.66. The number of hydrogen-bond acceptors (Lipinski definition) is 2. The Labute approximate surface area is 105 Å². The highest BCUT2D eigenvalue weighted by Gasteiger charge is 2.42. The summed E-state index contributed by atoms with van der Waals surface area (Å²) in [6, 6.07) is 6.28. The molecular formula is C13H16N2O3. The predicted octanol–water partition coefficient (Wildman–Crippen LogP) is 2.07. The lowest BCUT2D eigenvalue weighted by Gasteiger charge is -2.24. The molecule has 0 atom stereocenters. The van der Waals surface area contributed by atoms with Crippen molar-refractivity contribution in [1.29, 1.82) is 0 Å². The Hall–Kier alpha value is -2.04. The van der Waals surface area contributed by atoms with Gasteiger partial charge < -0.3 is 16.2 Å². The minimum atomic E-state index is -0.810. The molecule has 0 saturated heterocycles. The van der Waals surface area contributed by atoms with Crippen LogP contribution in [0.25, 0.3) is 0 Å². The summed E-state index contributed by atoms with van der Waals surface area (Å²) in [6.45, 7) is 0. The van der Waals surface area contributed by atoms with Crippen LogP contribution < -0.4 is 11.1 Å². The molecule has 96 valence electrons. The van der Waals surface area contributed by atoms with E-state index >= 15 is 0 Å². The largest absolute Gasteiger partial charge is 0.481 e. The summed E-state index contributed by atoms with van der Waals surface area (Å²) in [5.41, 5.74) is 5.51. The summed E-state index contributed by atoms with van der Waals surface area (Å²) >= 11 is 0. The zero-order valence-corrected chi connectivity index (χ0v) is 9.98. The number of carbonyl (C=O) groups is 2. The Bertz CT molecular complexity index is 479. The molecule has 5 nitrogen and oxygen atoms in total. The van der Waals surface area contributed by atoms with Crippen LogP contribution in [0.2, 0.25) is 0 Å². The number of carboxylic acid groups (broad SMARTS) is 1. The molecule has 0 heterocycles. The van der Waals surface area contributed by atoms with E-state index in [9.17, 15) is 14.7 Å². The zero-order chi connectivity index (χ0) is 13.2. The lowest BCUT2D eigenvalue weighted by molar-refractivity contribution is -0.143. The SMILES string of the molecule is NC(=O)Nc1cccc(C2(C(=O)O)CCCC2)c1. The number of anilines is 1. The first-order chi connectivity index (χ1) is 8.54. The van der Waals surface area contributed by atoms with Gasteiger partial charge in [-0.1, -0.05) is 25.0 Å². The van der Waals surface area contributed by atoms with Gasteiger partial charge in [-0.15, -0.1) is 0 Å².